The van der Waals surface area contributed by atoms with Gasteiger partial charge in [-0.25, -0.2) is 0 Å². The molecule has 0 saturated heterocycles. The van der Waals surface area contributed by atoms with E-state index in [1.54, 1.807) is 18.2 Å². The Morgan fingerprint density at radius 3 is 2.62 bits per heavy atom. The number of benzene rings is 1. The molecule has 0 bridgehead atoms. The van der Waals surface area contributed by atoms with Crippen molar-refractivity contribution in [3.63, 3.8) is 0 Å². The van der Waals surface area contributed by atoms with Gasteiger partial charge in [0.1, 0.15) is 0 Å². The van der Waals surface area contributed by atoms with E-state index >= 15 is 0 Å². The maximum atomic E-state index is 11.6. The Morgan fingerprint density at radius 2 is 2.05 bits per heavy atom. The van der Waals surface area contributed by atoms with E-state index in [1.165, 1.54) is 18.2 Å². The summed E-state index contributed by atoms with van der Waals surface area (Å²) in [5.41, 5.74) is 0.707. The number of hydrogen-bond donors (Lipinski definition) is 2. The number of amides is 1. The third-order valence-corrected chi connectivity index (χ3v) is 2.83. The molecule has 0 aromatic heterocycles. The first-order valence-electron chi connectivity index (χ1n) is 6.54. The molecule has 0 saturated carbocycles. The number of nitro groups is 1. The zero-order valence-corrected chi connectivity index (χ0v) is 12.5. The fraction of sp³-hybridized carbons (Fsp3) is 0.286. The topological polar surface area (TPSA) is 84.3 Å². The Balaban J connectivity index is 2.46. The van der Waals surface area contributed by atoms with E-state index in [1.807, 2.05) is 0 Å². The fourth-order valence-electron chi connectivity index (χ4n) is 1.46. The van der Waals surface area contributed by atoms with Crippen LogP contribution in [0, 0.1) is 10.1 Å². The van der Waals surface area contributed by atoms with Crippen LogP contribution in [0.5, 0.6) is 0 Å². The van der Waals surface area contributed by atoms with Crippen LogP contribution in [-0.4, -0.2) is 22.5 Å². The van der Waals surface area contributed by atoms with Crippen molar-refractivity contribution < 1.29 is 9.72 Å². The highest BCUT2D eigenvalue weighted by Crippen LogP contribution is 2.12. The molecule has 1 aromatic carbocycles. The molecule has 2 N–H and O–H groups in total. The molecule has 6 nitrogen and oxygen atoms in total. The number of hydrogen-bond acceptors (Lipinski definition) is 4. The van der Waals surface area contributed by atoms with Crippen molar-refractivity contribution in [2.75, 3.05) is 6.54 Å². The van der Waals surface area contributed by atoms with Gasteiger partial charge in [-0.15, -0.1) is 0 Å². The van der Waals surface area contributed by atoms with Crippen molar-refractivity contribution in [3.8, 4) is 0 Å². The monoisotopic (exact) mass is 307 g/mol. The minimum absolute atomic E-state index is 0.0119. The third kappa shape index (κ3) is 6.62. The van der Waals surface area contributed by atoms with Gasteiger partial charge in [-0.2, -0.15) is 0 Å². The maximum Gasteiger partial charge on any atom is 0.269 e. The van der Waals surface area contributed by atoms with E-state index in [0.29, 0.717) is 10.7 Å². The normalized spacial score (nSPS) is 10.3. The quantitative estimate of drug-likeness (QED) is 0.277. The number of non-ortho nitro benzene ring substituents is 1. The Bertz CT molecular complexity index is 541. The summed E-state index contributed by atoms with van der Waals surface area (Å²) in [7, 11) is 0. The van der Waals surface area contributed by atoms with E-state index in [0.717, 1.165) is 19.4 Å². The first-order valence-corrected chi connectivity index (χ1v) is 6.95. The molecule has 0 unspecified atom stereocenters. The lowest BCUT2D eigenvalue weighted by Gasteiger charge is -2.06. The van der Waals surface area contributed by atoms with Gasteiger partial charge in [-0.3, -0.25) is 20.2 Å². The second-order valence-electron chi connectivity index (χ2n) is 4.28. The van der Waals surface area contributed by atoms with E-state index < -0.39 is 4.92 Å². The van der Waals surface area contributed by atoms with Gasteiger partial charge in [0, 0.05) is 24.8 Å². The summed E-state index contributed by atoms with van der Waals surface area (Å²) in [5, 5.41) is 16.3. The molecule has 1 rings (SSSR count). The zero-order valence-electron chi connectivity index (χ0n) is 11.7. The number of nitro benzene ring substituents is 1. The van der Waals surface area contributed by atoms with Gasteiger partial charge in [0.25, 0.3) is 5.69 Å². The number of carbonyl (C=O) groups excluding carboxylic acids is 1. The maximum absolute atomic E-state index is 11.6. The van der Waals surface area contributed by atoms with Gasteiger partial charge in [0.05, 0.1) is 4.92 Å². The predicted octanol–water partition coefficient (Wildman–Crippen LogP) is 2.40. The Kier molecular flexibility index (Phi) is 7.03. The summed E-state index contributed by atoms with van der Waals surface area (Å²) in [6, 6.07) is 5.91. The summed E-state index contributed by atoms with van der Waals surface area (Å²) in [6.07, 6.45) is 4.92. The van der Waals surface area contributed by atoms with Crippen LogP contribution in [0.1, 0.15) is 25.3 Å². The Hall–Kier alpha value is -2.28. The molecule has 0 aliphatic heterocycles. The Labute approximate surface area is 128 Å². The van der Waals surface area contributed by atoms with Crippen LogP contribution in [0.15, 0.2) is 30.3 Å². The largest absolute Gasteiger partial charge is 0.362 e. The van der Waals surface area contributed by atoms with Crippen molar-refractivity contribution in [2.45, 2.75) is 19.8 Å². The standard InChI is InChI=1S/C14H17N3O3S/c1-2-3-10-15-14(21)16-13(18)9-6-11-4-7-12(8-5-11)17(19)20/h4-9H,2-3,10H2,1H3,(H2,15,16,18,21)/b9-6+. The molecule has 21 heavy (non-hydrogen) atoms. The highest BCUT2D eigenvalue weighted by atomic mass is 32.1. The summed E-state index contributed by atoms with van der Waals surface area (Å²) < 4.78 is 0. The fourth-order valence-corrected chi connectivity index (χ4v) is 1.66. The molecular weight excluding hydrogens is 290 g/mol. The van der Waals surface area contributed by atoms with E-state index in [9.17, 15) is 14.9 Å². The van der Waals surface area contributed by atoms with E-state index in [2.05, 4.69) is 17.6 Å². The lowest BCUT2D eigenvalue weighted by atomic mass is 10.2. The molecule has 0 aliphatic rings. The number of thiocarbonyl (C=S) groups is 1. The molecule has 0 atom stereocenters. The molecule has 0 aliphatic carbocycles. The molecule has 0 fully saturated rings. The van der Waals surface area contributed by atoms with Gasteiger partial charge in [-0.05, 0) is 42.4 Å². The Morgan fingerprint density at radius 1 is 1.38 bits per heavy atom. The number of unbranched alkanes of at least 4 members (excludes halogenated alkanes) is 1. The zero-order chi connectivity index (χ0) is 15.7. The van der Waals surface area contributed by atoms with Crippen LogP contribution >= 0.6 is 12.2 Å². The molecule has 7 heteroatoms. The minimum Gasteiger partial charge on any atom is -0.362 e. The lowest BCUT2D eigenvalue weighted by Crippen LogP contribution is -2.38. The van der Waals surface area contributed by atoms with Crippen LogP contribution in [0.25, 0.3) is 6.08 Å². The SMILES string of the molecule is CCCCNC(=S)NC(=O)/C=C/c1ccc([N+](=O)[O-])cc1. The molecule has 0 spiro atoms. The van der Waals surface area contributed by atoms with Crippen LogP contribution in [0.3, 0.4) is 0 Å². The number of carbonyl (C=O) groups is 1. The molecule has 112 valence electrons. The van der Waals surface area contributed by atoms with Crippen molar-refractivity contribution in [1.29, 1.82) is 0 Å². The molecule has 1 aromatic rings. The second-order valence-corrected chi connectivity index (χ2v) is 4.69. The van der Waals surface area contributed by atoms with Crippen molar-refractivity contribution in [1.82, 2.24) is 10.6 Å². The van der Waals surface area contributed by atoms with Gasteiger partial charge in [-0.1, -0.05) is 13.3 Å². The molecule has 0 radical (unpaired) electrons. The highest BCUT2D eigenvalue weighted by molar-refractivity contribution is 7.80. The van der Waals surface area contributed by atoms with Gasteiger partial charge in [0.15, 0.2) is 5.11 Å². The average molecular weight is 307 g/mol. The smallest absolute Gasteiger partial charge is 0.269 e. The van der Waals surface area contributed by atoms with Crippen LogP contribution in [0.2, 0.25) is 0 Å². The summed E-state index contributed by atoms with van der Waals surface area (Å²) in [4.78, 5) is 21.6. The minimum atomic E-state index is -0.472. The van der Waals surface area contributed by atoms with Crippen LogP contribution in [-0.2, 0) is 4.79 Å². The first-order chi connectivity index (χ1) is 10.0. The van der Waals surface area contributed by atoms with Crippen molar-refractivity contribution in [3.05, 3.63) is 46.0 Å². The van der Waals surface area contributed by atoms with E-state index in [-0.39, 0.29) is 11.6 Å². The third-order valence-electron chi connectivity index (χ3n) is 2.58. The summed E-state index contributed by atoms with van der Waals surface area (Å²) in [5.74, 6) is -0.345. The summed E-state index contributed by atoms with van der Waals surface area (Å²) >= 11 is 4.97. The molecule has 1 amide bonds. The van der Waals surface area contributed by atoms with Gasteiger partial charge >= 0.3 is 0 Å². The predicted molar refractivity (Wildman–Crippen MR) is 85.8 cm³/mol. The first kappa shape index (κ1) is 16.8. The molecule has 0 heterocycles. The number of rotatable bonds is 6. The van der Waals surface area contributed by atoms with Gasteiger partial charge < -0.3 is 5.32 Å². The molecular formula is C14H17N3O3S. The lowest BCUT2D eigenvalue weighted by molar-refractivity contribution is -0.384. The number of nitrogens with zero attached hydrogens (tertiary/aromatic N) is 1. The highest BCUT2D eigenvalue weighted by Gasteiger charge is 2.03. The van der Waals surface area contributed by atoms with Crippen LogP contribution in [0.4, 0.5) is 5.69 Å². The van der Waals surface area contributed by atoms with Crippen molar-refractivity contribution >= 4 is 35.0 Å². The number of nitrogens with one attached hydrogen (secondary N) is 2. The van der Waals surface area contributed by atoms with Crippen LogP contribution < -0.4 is 10.6 Å². The second kappa shape index (κ2) is 8.80. The summed E-state index contributed by atoms with van der Waals surface area (Å²) in [6.45, 7) is 2.79. The van der Waals surface area contributed by atoms with Gasteiger partial charge in [0.2, 0.25) is 5.91 Å². The van der Waals surface area contributed by atoms with Crippen molar-refractivity contribution in [2.24, 2.45) is 0 Å². The van der Waals surface area contributed by atoms with E-state index in [4.69, 9.17) is 12.2 Å². The average Bonchev–Trinajstić information content (AvgIpc) is 2.46.